The van der Waals surface area contributed by atoms with Gasteiger partial charge in [-0.25, -0.2) is 0 Å². The van der Waals surface area contributed by atoms with E-state index in [2.05, 4.69) is 50.2 Å². The molecule has 1 heterocycles. The fourth-order valence-corrected chi connectivity index (χ4v) is 5.96. The van der Waals surface area contributed by atoms with Gasteiger partial charge in [0.2, 0.25) is 0 Å². The van der Waals surface area contributed by atoms with Crippen LogP contribution in [0.25, 0.3) is 0 Å². The Morgan fingerprint density at radius 3 is 2.79 bits per heavy atom. The fraction of sp³-hybridized carbons (Fsp3) is 0.417. The van der Waals surface area contributed by atoms with E-state index < -0.39 is 5.97 Å². The summed E-state index contributed by atoms with van der Waals surface area (Å²) in [4.78, 5) is 16.2. The Balaban J connectivity index is 1.23. The third-order valence-corrected chi connectivity index (χ3v) is 8.06. The topological polar surface area (TPSA) is 58.9 Å². The molecule has 4 atom stereocenters. The molecule has 2 unspecified atom stereocenters. The van der Waals surface area contributed by atoms with Gasteiger partial charge in [0.15, 0.2) is 0 Å². The van der Waals surface area contributed by atoms with Crippen molar-refractivity contribution in [1.82, 2.24) is 0 Å². The minimum absolute atomic E-state index is 0.105. The van der Waals surface area contributed by atoms with Crippen LogP contribution in [0.1, 0.15) is 42.0 Å². The number of rotatable bonds is 5. The number of nitrogens with zero attached hydrogens (tertiary/aromatic N) is 1. The van der Waals surface area contributed by atoms with Crippen molar-refractivity contribution in [3.63, 3.8) is 0 Å². The number of hydrogen-bond acceptors (Lipinski definition) is 4. The van der Waals surface area contributed by atoms with Gasteiger partial charge in [0, 0.05) is 11.0 Å². The number of hydrogen-bond donors (Lipinski definition) is 1. The summed E-state index contributed by atoms with van der Waals surface area (Å²) in [6.07, 6.45) is 2.68. The SMILES string of the molecule is Cc1ccc(C2=NC(C)C(COc3ccc4c(c3)CC[C@]43C[C@H]3C(=O)O)S2)cc1. The maximum Gasteiger partial charge on any atom is 0.307 e. The molecule has 0 bridgehead atoms. The molecular weight excluding hydrogens is 382 g/mol. The highest BCUT2D eigenvalue weighted by Gasteiger charge is 2.61. The number of fused-ring (bicyclic) bond motifs is 2. The summed E-state index contributed by atoms with van der Waals surface area (Å²) in [6, 6.07) is 15.0. The molecule has 1 spiro atoms. The molecule has 0 saturated heterocycles. The number of carboxylic acid groups (broad SMARTS) is 1. The van der Waals surface area contributed by atoms with Crippen LogP contribution >= 0.6 is 11.8 Å². The zero-order chi connectivity index (χ0) is 20.2. The lowest BCUT2D eigenvalue weighted by Crippen LogP contribution is -2.22. The van der Waals surface area contributed by atoms with E-state index in [4.69, 9.17) is 9.73 Å². The van der Waals surface area contributed by atoms with E-state index in [0.717, 1.165) is 30.1 Å². The van der Waals surface area contributed by atoms with Crippen LogP contribution in [0.2, 0.25) is 0 Å². The summed E-state index contributed by atoms with van der Waals surface area (Å²) in [6.45, 7) is 4.86. The summed E-state index contributed by atoms with van der Waals surface area (Å²) < 4.78 is 6.14. The number of aliphatic carboxylic acids is 1. The number of thioether (sulfide) groups is 1. The number of carbonyl (C=O) groups is 1. The van der Waals surface area contributed by atoms with E-state index in [1.54, 1.807) is 11.8 Å². The predicted octanol–water partition coefficient (Wildman–Crippen LogP) is 4.61. The molecule has 1 fully saturated rings. The first-order chi connectivity index (χ1) is 14.0. The number of carboxylic acids is 1. The smallest absolute Gasteiger partial charge is 0.307 e. The van der Waals surface area contributed by atoms with Gasteiger partial charge in [0.25, 0.3) is 0 Å². The molecule has 1 aliphatic heterocycles. The predicted molar refractivity (Wildman–Crippen MR) is 116 cm³/mol. The van der Waals surface area contributed by atoms with Crippen LogP contribution in [0.15, 0.2) is 47.5 Å². The molecule has 29 heavy (non-hydrogen) atoms. The third kappa shape index (κ3) is 3.25. The second-order valence-electron chi connectivity index (χ2n) is 8.58. The summed E-state index contributed by atoms with van der Waals surface area (Å²) in [5, 5.41) is 10.8. The van der Waals surface area contributed by atoms with E-state index in [1.165, 1.54) is 22.3 Å². The second-order valence-corrected chi connectivity index (χ2v) is 9.81. The van der Waals surface area contributed by atoms with E-state index >= 15 is 0 Å². The zero-order valence-corrected chi connectivity index (χ0v) is 17.5. The fourth-order valence-electron chi connectivity index (χ4n) is 4.78. The Labute approximate surface area is 175 Å². The number of aliphatic imine (C=N–C) groups is 1. The number of aryl methyl sites for hydroxylation is 2. The Kier molecular flexibility index (Phi) is 4.46. The monoisotopic (exact) mass is 407 g/mol. The van der Waals surface area contributed by atoms with Gasteiger partial charge in [-0.05, 0) is 56.4 Å². The Morgan fingerprint density at radius 2 is 2.07 bits per heavy atom. The molecule has 1 N–H and O–H groups in total. The van der Waals surface area contributed by atoms with Crippen molar-refractivity contribution in [2.75, 3.05) is 6.61 Å². The van der Waals surface area contributed by atoms with Gasteiger partial charge >= 0.3 is 5.97 Å². The first-order valence-electron chi connectivity index (χ1n) is 10.3. The van der Waals surface area contributed by atoms with Crippen LogP contribution in [0.5, 0.6) is 5.75 Å². The molecule has 4 nitrogen and oxygen atoms in total. The summed E-state index contributed by atoms with van der Waals surface area (Å²) in [5.41, 5.74) is 4.81. The van der Waals surface area contributed by atoms with Crippen molar-refractivity contribution in [3.8, 4) is 5.75 Å². The normalized spacial score (nSPS) is 29.6. The molecular formula is C24H25NO3S. The summed E-state index contributed by atoms with van der Waals surface area (Å²) in [5.74, 6) is 0.0170. The van der Waals surface area contributed by atoms with E-state index in [9.17, 15) is 9.90 Å². The Hall–Kier alpha value is -2.27. The van der Waals surface area contributed by atoms with Crippen LogP contribution in [-0.4, -0.2) is 34.0 Å². The van der Waals surface area contributed by atoms with Gasteiger partial charge < -0.3 is 9.84 Å². The maximum atomic E-state index is 11.4. The van der Waals surface area contributed by atoms with Crippen LogP contribution in [0.4, 0.5) is 0 Å². The average Bonchev–Trinajstić information content (AvgIpc) is 3.18. The molecule has 2 aliphatic carbocycles. The van der Waals surface area contributed by atoms with Crippen molar-refractivity contribution in [3.05, 3.63) is 64.7 Å². The molecule has 3 aliphatic rings. The van der Waals surface area contributed by atoms with Crippen molar-refractivity contribution < 1.29 is 14.6 Å². The van der Waals surface area contributed by atoms with Crippen molar-refractivity contribution in [2.45, 2.75) is 49.8 Å². The largest absolute Gasteiger partial charge is 0.492 e. The molecule has 0 radical (unpaired) electrons. The first kappa shape index (κ1) is 18.7. The highest BCUT2D eigenvalue weighted by Crippen LogP contribution is 2.61. The van der Waals surface area contributed by atoms with E-state index in [-0.39, 0.29) is 17.4 Å². The summed E-state index contributed by atoms with van der Waals surface area (Å²) in [7, 11) is 0. The average molecular weight is 408 g/mol. The molecule has 5 heteroatoms. The minimum Gasteiger partial charge on any atom is -0.492 e. The van der Waals surface area contributed by atoms with E-state index in [0.29, 0.717) is 11.9 Å². The zero-order valence-electron chi connectivity index (χ0n) is 16.7. The molecule has 2 aromatic carbocycles. The lowest BCUT2D eigenvalue weighted by atomic mass is 9.95. The van der Waals surface area contributed by atoms with Gasteiger partial charge in [-0.15, -0.1) is 0 Å². The van der Waals surface area contributed by atoms with Crippen LogP contribution in [0.3, 0.4) is 0 Å². The molecule has 2 aromatic rings. The van der Waals surface area contributed by atoms with Crippen LogP contribution < -0.4 is 4.74 Å². The molecule has 0 aromatic heterocycles. The van der Waals surface area contributed by atoms with Crippen molar-refractivity contribution in [1.29, 1.82) is 0 Å². The van der Waals surface area contributed by atoms with Gasteiger partial charge in [0.05, 0.1) is 22.3 Å². The standard InChI is InChI=1S/C24H25NO3S/c1-14-3-5-16(6-4-14)22-25-15(2)21(29-22)13-28-18-7-8-19-17(11-18)9-10-24(19)12-20(24)23(26)27/h3-8,11,15,20-21H,9-10,12-13H2,1-2H3,(H,26,27)/t15?,20-,21?,24-/m0/s1. The van der Waals surface area contributed by atoms with Crippen LogP contribution in [0, 0.1) is 12.8 Å². The molecule has 150 valence electrons. The molecule has 1 saturated carbocycles. The van der Waals surface area contributed by atoms with Gasteiger partial charge in [-0.2, -0.15) is 0 Å². The Morgan fingerprint density at radius 1 is 1.28 bits per heavy atom. The lowest BCUT2D eigenvalue weighted by Gasteiger charge is -2.16. The lowest BCUT2D eigenvalue weighted by molar-refractivity contribution is -0.139. The highest BCUT2D eigenvalue weighted by atomic mass is 32.2. The van der Waals surface area contributed by atoms with Crippen molar-refractivity contribution >= 4 is 22.8 Å². The minimum atomic E-state index is -0.658. The molecule has 0 amide bonds. The third-order valence-electron chi connectivity index (χ3n) is 6.66. The maximum absolute atomic E-state index is 11.4. The van der Waals surface area contributed by atoms with Gasteiger partial charge in [-0.1, -0.05) is 47.7 Å². The van der Waals surface area contributed by atoms with Gasteiger partial charge in [-0.3, -0.25) is 9.79 Å². The van der Waals surface area contributed by atoms with Crippen molar-refractivity contribution in [2.24, 2.45) is 10.9 Å². The molecule has 5 rings (SSSR count). The first-order valence-corrected chi connectivity index (χ1v) is 11.1. The summed E-state index contributed by atoms with van der Waals surface area (Å²) >= 11 is 1.80. The van der Waals surface area contributed by atoms with Crippen LogP contribution in [-0.2, 0) is 16.6 Å². The Bertz CT molecular complexity index is 1000. The number of benzene rings is 2. The van der Waals surface area contributed by atoms with E-state index in [1.807, 2.05) is 6.07 Å². The highest BCUT2D eigenvalue weighted by molar-refractivity contribution is 8.15. The van der Waals surface area contributed by atoms with Gasteiger partial charge in [0.1, 0.15) is 12.4 Å². The quantitative estimate of drug-likeness (QED) is 0.786. The second kappa shape index (κ2) is 6.91. The number of ether oxygens (including phenoxy) is 1.